The maximum Gasteiger partial charge on any atom is 0.323 e. The van der Waals surface area contributed by atoms with Gasteiger partial charge in [0.05, 0.1) is 38.8 Å². The fourth-order valence-corrected chi connectivity index (χ4v) is 4.28. The lowest BCUT2D eigenvalue weighted by Crippen LogP contribution is -2.31. The lowest BCUT2D eigenvalue weighted by molar-refractivity contribution is -0.141. The van der Waals surface area contributed by atoms with Crippen LogP contribution in [0.25, 0.3) is 0 Å². The number of methoxy groups -OCH3 is 2. The summed E-state index contributed by atoms with van der Waals surface area (Å²) in [5.41, 5.74) is 4.00. The minimum absolute atomic E-state index is 0.0485. The summed E-state index contributed by atoms with van der Waals surface area (Å²) in [6.07, 6.45) is 1.40. The predicted molar refractivity (Wildman–Crippen MR) is 164 cm³/mol. The number of esters is 1. The zero-order chi connectivity index (χ0) is 31.5. The molecule has 44 heavy (non-hydrogen) atoms. The highest BCUT2D eigenvalue weighted by atomic mass is 16.5. The molecule has 0 radical (unpaired) electrons. The molecular formula is C32H32N6O6. The third-order valence-corrected chi connectivity index (χ3v) is 6.58. The van der Waals surface area contributed by atoms with Gasteiger partial charge in [0.25, 0.3) is 5.91 Å². The van der Waals surface area contributed by atoms with Crippen molar-refractivity contribution in [2.24, 2.45) is 0 Å². The number of carbonyl (C=O) groups is 4. The molecule has 12 nitrogen and oxygen atoms in total. The molecule has 1 aromatic heterocycles. The second-order valence-corrected chi connectivity index (χ2v) is 9.69. The first kappa shape index (κ1) is 31.2. The van der Waals surface area contributed by atoms with E-state index in [9.17, 15) is 19.2 Å². The maximum absolute atomic E-state index is 12.8. The monoisotopic (exact) mass is 596 g/mol. The van der Waals surface area contributed by atoms with Crippen LogP contribution in [0, 0.1) is 6.92 Å². The van der Waals surface area contributed by atoms with Crippen LogP contribution in [0.4, 0.5) is 21.9 Å². The minimum atomic E-state index is -0.694. The number of hydrogen-bond acceptors (Lipinski definition) is 8. The number of nitrogens with zero attached hydrogens (tertiary/aromatic N) is 2. The summed E-state index contributed by atoms with van der Waals surface area (Å²) in [5, 5.41) is 18.7. The molecule has 4 amide bonds. The van der Waals surface area contributed by atoms with Crippen LogP contribution >= 0.6 is 0 Å². The summed E-state index contributed by atoms with van der Waals surface area (Å²) in [7, 11) is 2.75. The zero-order valence-corrected chi connectivity index (χ0v) is 24.4. The van der Waals surface area contributed by atoms with Gasteiger partial charge in [-0.15, -0.1) is 5.10 Å². The molecule has 0 aliphatic carbocycles. The highest BCUT2D eigenvalue weighted by molar-refractivity contribution is 6.01. The van der Waals surface area contributed by atoms with Crippen LogP contribution in [0.15, 0.2) is 85.1 Å². The van der Waals surface area contributed by atoms with Gasteiger partial charge >= 0.3 is 12.0 Å². The lowest BCUT2D eigenvalue weighted by Gasteiger charge is -2.18. The lowest BCUT2D eigenvalue weighted by atomic mass is 10.0. The number of para-hydroxylation sites is 1. The van der Waals surface area contributed by atoms with Crippen molar-refractivity contribution in [3.05, 3.63) is 107 Å². The van der Waals surface area contributed by atoms with Gasteiger partial charge in [-0.3, -0.25) is 14.4 Å². The molecule has 0 unspecified atom stereocenters. The predicted octanol–water partition coefficient (Wildman–Crippen LogP) is 4.65. The number of carbonyl (C=O) groups excluding carboxylic acids is 4. The summed E-state index contributed by atoms with van der Waals surface area (Å²) in [5.74, 6) is -0.872. The normalized spacial score (nSPS) is 11.1. The summed E-state index contributed by atoms with van der Waals surface area (Å²) < 4.78 is 10.2. The van der Waals surface area contributed by atoms with Crippen LogP contribution in [-0.4, -0.2) is 48.2 Å². The van der Waals surface area contributed by atoms with Crippen molar-refractivity contribution in [3.8, 4) is 5.75 Å². The Balaban J connectivity index is 1.37. The Kier molecular flexibility index (Phi) is 10.6. The largest absolute Gasteiger partial charge is 0.495 e. The molecule has 0 aliphatic rings. The van der Waals surface area contributed by atoms with Crippen LogP contribution in [0.1, 0.15) is 39.6 Å². The van der Waals surface area contributed by atoms with Crippen LogP contribution in [-0.2, 0) is 20.7 Å². The van der Waals surface area contributed by atoms with Crippen molar-refractivity contribution in [2.75, 3.05) is 30.2 Å². The van der Waals surface area contributed by atoms with E-state index in [1.165, 1.54) is 26.5 Å². The molecule has 0 aliphatic heterocycles. The zero-order valence-electron chi connectivity index (χ0n) is 24.4. The Hall–Kier alpha value is -5.78. The first-order valence-corrected chi connectivity index (χ1v) is 13.6. The van der Waals surface area contributed by atoms with Gasteiger partial charge in [0.15, 0.2) is 5.69 Å². The van der Waals surface area contributed by atoms with E-state index in [0.29, 0.717) is 33.9 Å². The fraction of sp³-hybridized carbons (Fsp3) is 0.188. The number of aryl methyl sites for hydroxylation is 1. The minimum Gasteiger partial charge on any atom is -0.495 e. The molecule has 1 heterocycles. The number of amides is 4. The van der Waals surface area contributed by atoms with E-state index < -0.39 is 23.9 Å². The van der Waals surface area contributed by atoms with E-state index in [2.05, 4.69) is 31.5 Å². The molecule has 4 rings (SSSR count). The van der Waals surface area contributed by atoms with Gasteiger partial charge in [0.2, 0.25) is 5.91 Å². The van der Waals surface area contributed by atoms with Gasteiger partial charge in [0.1, 0.15) is 5.75 Å². The molecule has 3 aromatic carbocycles. The van der Waals surface area contributed by atoms with E-state index in [0.717, 1.165) is 5.56 Å². The van der Waals surface area contributed by atoms with Crippen molar-refractivity contribution >= 4 is 40.9 Å². The molecule has 4 aromatic rings. The second kappa shape index (κ2) is 14.9. The van der Waals surface area contributed by atoms with Crippen molar-refractivity contribution in [3.63, 3.8) is 0 Å². The molecule has 0 saturated carbocycles. The topological polar surface area (TPSA) is 161 Å². The number of nitrogens with one attached hydrogen (secondary N) is 4. The first-order chi connectivity index (χ1) is 21.2. The Bertz CT molecular complexity index is 1630. The Morgan fingerprint density at radius 1 is 0.841 bits per heavy atom. The molecule has 226 valence electrons. The van der Waals surface area contributed by atoms with Gasteiger partial charge < -0.3 is 30.7 Å². The number of anilines is 3. The van der Waals surface area contributed by atoms with E-state index in [1.807, 2.05) is 31.2 Å². The molecule has 1 atom stereocenters. The third-order valence-electron chi connectivity index (χ3n) is 6.58. The number of urea groups is 1. The SMILES string of the molecule is COC(=O)C[C@@H](NC(=O)c1cccnn1)c1ccc(NC(=O)Cc2ccc(NC(=O)Nc3ccccc3C)c(OC)c2)cc1. The van der Waals surface area contributed by atoms with Crippen LogP contribution in [0.2, 0.25) is 0 Å². The second-order valence-electron chi connectivity index (χ2n) is 9.69. The van der Waals surface area contributed by atoms with Gasteiger partial charge in [0, 0.05) is 17.6 Å². The van der Waals surface area contributed by atoms with E-state index >= 15 is 0 Å². The molecular weight excluding hydrogens is 564 g/mol. The van der Waals surface area contributed by atoms with Crippen molar-refractivity contribution in [1.82, 2.24) is 15.5 Å². The summed E-state index contributed by atoms with van der Waals surface area (Å²) in [6.45, 7) is 1.90. The van der Waals surface area contributed by atoms with Gasteiger partial charge in [-0.2, -0.15) is 5.10 Å². The van der Waals surface area contributed by atoms with Gasteiger partial charge in [-0.25, -0.2) is 4.79 Å². The number of ether oxygens (including phenoxy) is 2. The molecule has 4 N–H and O–H groups in total. The van der Waals surface area contributed by atoms with Crippen molar-refractivity contribution < 1.29 is 28.7 Å². The molecule has 12 heteroatoms. The smallest absolute Gasteiger partial charge is 0.323 e. The van der Waals surface area contributed by atoms with Crippen molar-refractivity contribution in [1.29, 1.82) is 0 Å². The first-order valence-electron chi connectivity index (χ1n) is 13.6. The average molecular weight is 597 g/mol. The molecule has 0 bridgehead atoms. The van der Waals surface area contributed by atoms with Gasteiger partial charge in [-0.1, -0.05) is 36.4 Å². The Morgan fingerprint density at radius 3 is 2.27 bits per heavy atom. The average Bonchev–Trinajstić information content (AvgIpc) is 3.03. The number of benzene rings is 3. The van der Waals surface area contributed by atoms with Gasteiger partial charge in [-0.05, 0) is 66.1 Å². The standard InChI is InChI=1S/C32H32N6O6/c1-20-7-4-5-8-24(20)36-32(42)37-25-15-10-21(17-28(25)43-2)18-29(39)34-23-13-11-22(12-14-23)27(19-30(40)44-3)35-31(41)26-9-6-16-33-38-26/h4-17,27H,18-19H2,1-3H3,(H,34,39)(H,35,41)(H2,36,37,42)/t27-/m1/s1. The fourth-order valence-electron chi connectivity index (χ4n) is 4.28. The molecule has 0 saturated heterocycles. The highest BCUT2D eigenvalue weighted by Gasteiger charge is 2.21. The van der Waals surface area contributed by atoms with E-state index in [4.69, 9.17) is 9.47 Å². The Labute approximate surface area is 254 Å². The summed E-state index contributed by atoms with van der Waals surface area (Å²) >= 11 is 0. The number of aromatic nitrogens is 2. The number of hydrogen-bond donors (Lipinski definition) is 4. The van der Waals surface area contributed by atoms with Crippen LogP contribution in [0.3, 0.4) is 0 Å². The van der Waals surface area contributed by atoms with E-state index in [-0.39, 0.29) is 24.4 Å². The number of rotatable bonds is 11. The summed E-state index contributed by atoms with van der Waals surface area (Å²) in [6, 6.07) is 21.2. The maximum atomic E-state index is 12.8. The third kappa shape index (κ3) is 8.61. The van der Waals surface area contributed by atoms with Crippen LogP contribution in [0.5, 0.6) is 5.75 Å². The van der Waals surface area contributed by atoms with Crippen LogP contribution < -0.4 is 26.0 Å². The quantitative estimate of drug-likeness (QED) is 0.182. The molecule has 0 spiro atoms. The highest BCUT2D eigenvalue weighted by Crippen LogP contribution is 2.27. The van der Waals surface area contributed by atoms with Crippen molar-refractivity contribution in [2.45, 2.75) is 25.8 Å². The van der Waals surface area contributed by atoms with E-state index in [1.54, 1.807) is 48.5 Å². The molecule has 0 fully saturated rings. The Morgan fingerprint density at radius 2 is 1.59 bits per heavy atom. The summed E-state index contributed by atoms with van der Waals surface area (Å²) in [4.78, 5) is 50.0.